The van der Waals surface area contributed by atoms with Crippen LogP contribution >= 0.6 is 0 Å². The Hall–Kier alpha value is -0.770. The number of rotatable bonds is 4. The van der Waals surface area contributed by atoms with Gasteiger partial charge in [-0.2, -0.15) is 0 Å². The number of hydrogen-bond donors (Lipinski definition) is 1. The van der Waals surface area contributed by atoms with Crippen molar-refractivity contribution in [3.63, 3.8) is 0 Å². The molecule has 1 atom stereocenters. The number of carbonyl (C=O) groups is 1. The van der Waals surface area contributed by atoms with E-state index in [0.29, 0.717) is 13.1 Å². The van der Waals surface area contributed by atoms with E-state index in [4.69, 9.17) is 0 Å². The minimum Gasteiger partial charge on any atom is -0.394 e. The summed E-state index contributed by atoms with van der Waals surface area (Å²) >= 11 is 0. The van der Waals surface area contributed by atoms with E-state index in [2.05, 4.69) is 0 Å². The Kier molecular flexibility index (Phi) is 5.79. The summed E-state index contributed by atoms with van der Waals surface area (Å²) in [6.07, 6.45) is 0. The molecule has 0 aliphatic carbocycles. The maximum Gasteiger partial charge on any atom is 0.320 e. The fourth-order valence-electron chi connectivity index (χ4n) is 1.83. The van der Waals surface area contributed by atoms with Crippen LogP contribution in [0.5, 0.6) is 0 Å². The summed E-state index contributed by atoms with van der Waals surface area (Å²) in [6, 6.07) is -0.167. The quantitative estimate of drug-likeness (QED) is 0.800. The van der Waals surface area contributed by atoms with Gasteiger partial charge in [0.1, 0.15) is 0 Å². The van der Waals surface area contributed by atoms with E-state index in [1.807, 2.05) is 34.6 Å². The molecule has 0 rings (SSSR count). The van der Waals surface area contributed by atoms with Crippen molar-refractivity contribution in [1.82, 2.24) is 9.80 Å². The van der Waals surface area contributed by atoms with Crippen LogP contribution in [0.3, 0.4) is 0 Å². The Morgan fingerprint density at radius 3 is 1.94 bits per heavy atom. The Balaban J connectivity index is 4.75. The van der Waals surface area contributed by atoms with Gasteiger partial charge >= 0.3 is 6.03 Å². The van der Waals surface area contributed by atoms with Gasteiger partial charge in [-0.3, -0.25) is 0 Å². The number of aliphatic hydroxyl groups is 1. The maximum absolute atomic E-state index is 12.1. The first kappa shape index (κ1) is 15.2. The van der Waals surface area contributed by atoms with E-state index in [0.717, 1.165) is 0 Å². The fourth-order valence-corrected chi connectivity index (χ4v) is 1.83. The zero-order valence-corrected chi connectivity index (χ0v) is 11.4. The third-order valence-corrected chi connectivity index (χ3v) is 2.98. The van der Waals surface area contributed by atoms with Gasteiger partial charge in [-0.05, 0) is 19.3 Å². The summed E-state index contributed by atoms with van der Waals surface area (Å²) in [6.45, 7) is 11.4. The molecule has 0 heterocycles. The SMILES string of the molecule is CCN(CC)C(=O)N(C)C(CO)C(C)(C)C. The predicted octanol–water partition coefficient (Wildman–Crippen LogP) is 1.79. The van der Waals surface area contributed by atoms with Crippen LogP contribution in [-0.4, -0.2) is 53.7 Å². The maximum atomic E-state index is 12.1. The average molecular weight is 230 g/mol. The van der Waals surface area contributed by atoms with E-state index in [1.165, 1.54) is 0 Å². The summed E-state index contributed by atoms with van der Waals surface area (Å²) in [5, 5.41) is 9.40. The lowest BCUT2D eigenvalue weighted by atomic mass is 9.86. The van der Waals surface area contributed by atoms with Crippen LogP contribution in [0, 0.1) is 5.41 Å². The van der Waals surface area contributed by atoms with Crippen LogP contribution in [0.2, 0.25) is 0 Å². The monoisotopic (exact) mass is 230 g/mol. The number of aliphatic hydroxyl groups excluding tert-OH is 1. The lowest BCUT2D eigenvalue weighted by Gasteiger charge is -2.39. The Bertz CT molecular complexity index is 220. The molecular formula is C12H26N2O2. The van der Waals surface area contributed by atoms with Crippen molar-refractivity contribution < 1.29 is 9.90 Å². The Morgan fingerprint density at radius 2 is 1.69 bits per heavy atom. The number of hydrogen-bond acceptors (Lipinski definition) is 2. The van der Waals surface area contributed by atoms with Gasteiger partial charge in [-0.1, -0.05) is 20.8 Å². The molecule has 16 heavy (non-hydrogen) atoms. The lowest BCUT2D eigenvalue weighted by molar-refractivity contribution is 0.0689. The van der Waals surface area contributed by atoms with Crippen molar-refractivity contribution in [2.24, 2.45) is 5.41 Å². The number of amides is 2. The summed E-state index contributed by atoms with van der Waals surface area (Å²) in [5.74, 6) is 0. The molecule has 0 saturated carbocycles. The van der Waals surface area contributed by atoms with Crippen LogP contribution in [0.4, 0.5) is 4.79 Å². The zero-order valence-electron chi connectivity index (χ0n) is 11.4. The molecule has 0 saturated heterocycles. The fraction of sp³-hybridized carbons (Fsp3) is 0.917. The topological polar surface area (TPSA) is 43.8 Å². The standard InChI is InChI=1S/C12H26N2O2/c1-7-14(8-2)11(16)13(6)10(9-15)12(3,4)5/h10,15H,7-9H2,1-6H3. The van der Waals surface area contributed by atoms with Gasteiger partial charge in [0.15, 0.2) is 0 Å². The third-order valence-electron chi connectivity index (χ3n) is 2.98. The van der Waals surface area contributed by atoms with Crippen LogP contribution < -0.4 is 0 Å². The molecule has 0 aromatic carbocycles. The number of nitrogens with zero attached hydrogens (tertiary/aromatic N) is 2. The van der Waals surface area contributed by atoms with Crippen LogP contribution in [0.1, 0.15) is 34.6 Å². The van der Waals surface area contributed by atoms with Gasteiger partial charge in [-0.25, -0.2) is 4.79 Å². The van der Waals surface area contributed by atoms with Crippen LogP contribution in [0.25, 0.3) is 0 Å². The summed E-state index contributed by atoms with van der Waals surface area (Å²) in [7, 11) is 1.76. The van der Waals surface area contributed by atoms with E-state index in [9.17, 15) is 9.90 Å². The molecular weight excluding hydrogens is 204 g/mol. The van der Waals surface area contributed by atoms with E-state index in [-0.39, 0.29) is 24.1 Å². The highest BCUT2D eigenvalue weighted by Crippen LogP contribution is 2.23. The second kappa shape index (κ2) is 6.09. The van der Waals surface area contributed by atoms with Gasteiger partial charge in [-0.15, -0.1) is 0 Å². The summed E-state index contributed by atoms with van der Waals surface area (Å²) in [5.41, 5.74) is -0.119. The minimum atomic E-state index is -0.152. The summed E-state index contributed by atoms with van der Waals surface area (Å²) < 4.78 is 0. The van der Waals surface area contributed by atoms with Gasteiger partial charge in [0.25, 0.3) is 0 Å². The second-order valence-electron chi connectivity index (χ2n) is 5.13. The number of urea groups is 1. The first-order chi connectivity index (χ1) is 7.29. The van der Waals surface area contributed by atoms with Crippen molar-refractivity contribution in [2.45, 2.75) is 40.7 Å². The number of likely N-dealkylation sites (N-methyl/N-ethyl adjacent to an activating group) is 1. The van der Waals surface area contributed by atoms with E-state index < -0.39 is 0 Å². The normalized spacial score (nSPS) is 13.4. The Labute approximate surface area is 99.2 Å². The highest BCUT2D eigenvalue weighted by molar-refractivity contribution is 5.74. The van der Waals surface area contributed by atoms with Crippen LogP contribution in [-0.2, 0) is 0 Å². The largest absolute Gasteiger partial charge is 0.394 e. The molecule has 0 bridgehead atoms. The number of carbonyl (C=O) groups excluding carboxylic acids is 1. The zero-order chi connectivity index (χ0) is 12.9. The highest BCUT2D eigenvalue weighted by Gasteiger charge is 2.31. The third kappa shape index (κ3) is 3.67. The molecule has 0 aromatic rings. The van der Waals surface area contributed by atoms with Crippen molar-refractivity contribution in [1.29, 1.82) is 0 Å². The molecule has 96 valence electrons. The molecule has 0 aliphatic rings. The lowest BCUT2D eigenvalue weighted by Crippen LogP contribution is -2.52. The van der Waals surface area contributed by atoms with Crippen LogP contribution in [0.15, 0.2) is 0 Å². The van der Waals surface area contributed by atoms with Gasteiger partial charge < -0.3 is 14.9 Å². The average Bonchev–Trinajstić information content (AvgIpc) is 2.18. The van der Waals surface area contributed by atoms with Crippen molar-refractivity contribution in [3.05, 3.63) is 0 Å². The molecule has 2 amide bonds. The molecule has 0 aromatic heterocycles. The highest BCUT2D eigenvalue weighted by atomic mass is 16.3. The smallest absolute Gasteiger partial charge is 0.320 e. The molecule has 0 spiro atoms. The van der Waals surface area contributed by atoms with Gasteiger partial charge in [0, 0.05) is 20.1 Å². The minimum absolute atomic E-state index is 0.00694. The molecule has 0 aliphatic heterocycles. The van der Waals surface area contributed by atoms with Crippen molar-refractivity contribution in [2.75, 3.05) is 26.7 Å². The van der Waals surface area contributed by atoms with E-state index in [1.54, 1.807) is 16.8 Å². The molecule has 4 nitrogen and oxygen atoms in total. The predicted molar refractivity (Wildman–Crippen MR) is 66.4 cm³/mol. The van der Waals surface area contributed by atoms with E-state index >= 15 is 0 Å². The van der Waals surface area contributed by atoms with Crippen molar-refractivity contribution >= 4 is 6.03 Å². The molecule has 1 unspecified atom stereocenters. The van der Waals surface area contributed by atoms with Gasteiger partial charge in [0.05, 0.1) is 12.6 Å². The Morgan fingerprint density at radius 1 is 1.25 bits per heavy atom. The van der Waals surface area contributed by atoms with Crippen molar-refractivity contribution in [3.8, 4) is 0 Å². The first-order valence-corrected chi connectivity index (χ1v) is 5.92. The molecule has 0 fully saturated rings. The first-order valence-electron chi connectivity index (χ1n) is 5.92. The second-order valence-corrected chi connectivity index (χ2v) is 5.13. The van der Waals surface area contributed by atoms with Gasteiger partial charge in [0.2, 0.25) is 0 Å². The molecule has 4 heteroatoms. The summed E-state index contributed by atoms with van der Waals surface area (Å²) in [4.78, 5) is 15.5. The molecule has 0 radical (unpaired) electrons. The molecule has 1 N–H and O–H groups in total.